The van der Waals surface area contributed by atoms with Crippen molar-refractivity contribution in [3.05, 3.63) is 70.9 Å². The monoisotopic (exact) mass is 244 g/mol. The largest absolute Gasteiger partial charge is 0.465 e. The van der Waals surface area contributed by atoms with Gasteiger partial charge in [0.25, 0.3) is 0 Å². The quantitative estimate of drug-likeness (QED) is 0.712. The maximum absolute atomic E-state index is 5.80. The van der Waals surface area contributed by atoms with Gasteiger partial charge in [0.2, 0.25) is 0 Å². The van der Waals surface area contributed by atoms with Crippen molar-refractivity contribution >= 4 is 17.7 Å². The summed E-state index contributed by atoms with van der Waals surface area (Å²) in [6.45, 7) is 2.05. The third kappa shape index (κ3) is 3.65. The van der Waals surface area contributed by atoms with Gasteiger partial charge in [0.1, 0.15) is 5.75 Å². The molecule has 0 N–H and O–H groups in total. The number of ether oxygens (including phenoxy) is 1. The predicted octanol–water partition coefficient (Wildman–Crippen LogP) is 4.70. The van der Waals surface area contributed by atoms with Crippen molar-refractivity contribution < 1.29 is 4.74 Å². The van der Waals surface area contributed by atoms with Gasteiger partial charge in [0.05, 0.1) is 6.26 Å². The fraction of sp³-hybridized carbons (Fsp3) is 0.0667. The van der Waals surface area contributed by atoms with Crippen molar-refractivity contribution in [1.82, 2.24) is 0 Å². The molecule has 0 saturated carbocycles. The Bertz CT molecular complexity index is 497. The molecular formula is C15H13ClO. The first kappa shape index (κ1) is 11.7. The molecule has 0 amide bonds. The molecule has 2 aromatic carbocycles. The maximum atomic E-state index is 5.80. The summed E-state index contributed by atoms with van der Waals surface area (Å²) in [4.78, 5) is 0. The highest BCUT2D eigenvalue weighted by atomic mass is 35.5. The lowest BCUT2D eigenvalue weighted by molar-refractivity contribution is 0.485. The van der Waals surface area contributed by atoms with E-state index in [1.807, 2.05) is 61.5 Å². The van der Waals surface area contributed by atoms with E-state index in [4.69, 9.17) is 16.3 Å². The SMILES string of the molecule is Cc1ccc(O/C=C/c2ccc(Cl)cc2)cc1. The van der Waals surface area contributed by atoms with Crippen molar-refractivity contribution in [2.45, 2.75) is 6.92 Å². The molecule has 0 aliphatic carbocycles. The minimum Gasteiger partial charge on any atom is -0.465 e. The van der Waals surface area contributed by atoms with E-state index in [1.165, 1.54) is 5.56 Å². The molecule has 17 heavy (non-hydrogen) atoms. The first-order chi connectivity index (χ1) is 8.24. The maximum Gasteiger partial charge on any atom is 0.126 e. The lowest BCUT2D eigenvalue weighted by Crippen LogP contribution is -1.82. The van der Waals surface area contributed by atoms with E-state index in [2.05, 4.69) is 0 Å². The van der Waals surface area contributed by atoms with Crippen molar-refractivity contribution in [1.29, 1.82) is 0 Å². The van der Waals surface area contributed by atoms with Crippen LogP contribution in [0.5, 0.6) is 5.75 Å². The Kier molecular flexibility index (Phi) is 3.84. The topological polar surface area (TPSA) is 9.23 Å². The average molecular weight is 245 g/mol. The molecule has 1 nitrogen and oxygen atoms in total. The second-order valence-electron chi connectivity index (χ2n) is 3.79. The van der Waals surface area contributed by atoms with Crippen LogP contribution >= 0.6 is 11.6 Å². The second-order valence-corrected chi connectivity index (χ2v) is 4.22. The third-order valence-electron chi connectivity index (χ3n) is 2.36. The smallest absolute Gasteiger partial charge is 0.126 e. The molecule has 0 aromatic heterocycles. The number of benzene rings is 2. The highest BCUT2D eigenvalue weighted by Gasteiger charge is 1.90. The lowest BCUT2D eigenvalue weighted by atomic mass is 10.2. The average Bonchev–Trinajstić information content (AvgIpc) is 2.34. The third-order valence-corrected chi connectivity index (χ3v) is 2.61. The zero-order chi connectivity index (χ0) is 12.1. The summed E-state index contributed by atoms with van der Waals surface area (Å²) in [5, 5.41) is 0.738. The van der Waals surface area contributed by atoms with Gasteiger partial charge in [0, 0.05) is 5.02 Å². The van der Waals surface area contributed by atoms with E-state index >= 15 is 0 Å². The van der Waals surface area contributed by atoms with E-state index in [0.717, 1.165) is 16.3 Å². The summed E-state index contributed by atoms with van der Waals surface area (Å²) in [6.07, 6.45) is 3.57. The lowest BCUT2D eigenvalue weighted by Gasteiger charge is -2.00. The first-order valence-corrected chi connectivity index (χ1v) is 5.77. The number of rotatable bonds is 3. The summed E-state index contributed by atoms with van der Waals surface area (Å²) in [5.74, 6) is 0.834. The van der Waals surface area contributed by atoms with Gasteiger partial charge < -0.3 is 4.74 Å². The molecule has 0 saturated heterocycles. The highest BCUT2D eigenvalue weighted by molar-refractivity contribution is 6.30. The summed E-state index contributed by atoms with van der Waals surface area (Å²) in [7, 11) is 0. The van der Waals surface area contributed by atoms with Gasteiger partial charge in [-0.15, -0.1) is 0 Å². The van der Waals surface area contributed by atoms with Crippen molar-refractivity contribution in [2.24, 2.45) is 0 Å². The molecule has 2 aromatic rings. The van der Waals surface area contributed by atoms with Gasteiger partial charge in [0.15, 0.2) is 0 Å². The zero-order valence-electron chi connectivity index (χ0n) is 9.56. The van der Waals surface area contributed by atoms with Crippen LogP contribution in [0.3, 0.4) is 0 Å². The molecule has 86 valence electrons. The van der Waals surface area contributed by atoms with Crippen molar-refractivity contribution in [2.75, 3.05) is 0 Å². The van der Waals surface area contributed by atoms with E-state index in [1.54, 1.807) is 6.26 Å². The first-order valence-electron chi connectivity index (χ1n) is 5.39. The van der Waals surface area contributed by atoms with Crippen LogP contribution in [-0.4, -0.2) is 0 Å². The zero-order valence-corrected chi connectivity index (χ0v) is 10.3. The minimum atomic E-state index is 0.738. The summed E-state index contributed by atoms with van der Waals surface area (Å²) in [5.41, 5.74) is 2.28. The van der Waals surface area contributed by atoms with Gasteiger partial charge in [-0.25, -0.2) is 0 Å². The van der Waals surface area contributed by atoms with Crippen LogP contribution in [0.25, 0.3) is 6.08 Å². The molecule has 2 rings (SSSR count). The van der Waals surface area contributed by atoms with E-state index in [0.29, 0.717) is 0 Å². The molecule has 0 unspecified atom stereocenters. The molecule has 0 bridgehead atoms. The number of hydrogen-bond donors (Lipinski definition) is 0. The molecule has 2 heteroatoms. The van der Waals surface area contributed by atoms with Gasteiger partial charge in [-0.2, -0.15) is 0 Å². The van der Waals surface area contributed by atoms with E-state index in [-0.39, 0.29) is 0 Å². The summed E-state index contributed by atoms with van der Waals surface area (Å²) < 4.78 is 5.48. The highest BCUT2D eigenvalue weighted by Crippen LogP contribution is 2.13. The van der Waals surface area contributed by atoms with Gasteiger partial charge in [-0.1, -0.05) is 41.4 Å². The second kappa shape index (κ2) is 5.55. The van der Waals surface area contributed by atoms with Gasteiger partial charge in [-0.05, 0) is 42.8 Å². The molecule has 0 spiro atoms. The van der Waals surface area contributed by atoms with Crippen LogP contribution in [0.2, 0.25) is 5.02 Å². The number of hydrogen-bond acceptors (Lipinski definition) is 1. The molecule has 0 heterocycles. The number of aryl methyl sites for hydroxylation is 1. The normalized spacial score (nSPS) is 10.7. The fourth-order valence-corrected chi connectivity index (χ4v) is 1.51. The Labute approximate surface area is 106 Å². The Hall–Kier alpha value is -1.73. The van der Waals surface area contributed by atoms with Crippen LogP contribution in [0.1, 0.15) is 11.1 Å². The molecule has 0 aliphatic heterocycles. The van der Waals surface area contributed by atoms with Crippen LogP contribution < -0.4 is 4.74 Å². The predicted molar refractivity (Wildman–Crippen MR) is 72.3 cm³/mol. The standard InChI is InChI=1S/C15H13ClO/c1-12-2-8-15(9-3-12)17-11-10-13-4-6-14(16)7-5-13/h2-11H,1H3/b11-10+. The van der Waals surface area contributed by atoms with Gasteiger partial charge in [-0.3, -0.25) is 0 Å². The molecular weight excluding hydrogens is 232 g/mol. The molecule has 0 atom stereocenters. The molecule has 0 fully saturated rings. The Morgan fingerprint density at radius 2 is 1.59 bits per heavy atom. The summed E-state index contributed by atoms with van der Waals surface area (Å²) in [6, 6.07) is 15.5. The Morgan fingerprint density at radius 3 is 2.24 bits per heavy atom. The van der Waals surface area contributed by atoms with E-state index < -0.39 is 0 Å². The molecule has 0 aliphatic rings. The van der Waals surface area contributed by atoms with Crippen LogP contribution in [0, 0.1) is 6.92 Å². The summed E-state index contributed by atoms with van der Waals surface area (Å²) >= 11 is 5.80. The van der Waals surface area contributed by atoms with Crippen molar-refractivity contribution in [3.63, 3.8) is 0 Å². The Balaban J connectivity index is 1.97. The fourth-order valence-electron chi connectivity index (χ4n) is 1.38. The molecule has 0 radical (unpaired) electrons. The number of halogens is 1. The van der Waals surface area contributed by atoms with Crippen LogP contribution in [0.4, 0.5) is 0 Å². The van der Waals surface area contributed by atoms with Crippen molar-refractivity contribution in [3.8, 4) is 5.75 Å². The van der Waals surface area contributed by atoms with Crippen LogP contribution in [-0.2, 0) is 0 Å². The minimum absolute atomic E-state index is 0.738. The van der Waals surface area contributed by atoms with Crippen LogP contribution in [0.15, 0.2) is 54.8 Å². The van der Waals surface area contributed by atoms with E-state index in [9.17, 15) is 0 Å². The Morgan fingerprint density at radius 1 is 0.941 bits per heavy atom. The van der Waals surface area contributed by atoms with Gasteiger partial charge >= 0.3 is 0 Å².